The van der Waals surface area contributed by atoms with Gasteiger partial charge in [-0.1, -0.05) is 11.6 Å². The number of benzene rings is 1. The van der Waals surface area contributed by atoms with Gasteiger partial charge in [0.2, 0.25) is 10.0 Å². The maximum Gasteiger partial charge on any atom is 0.235 e. The molecule has 18 heavy (non-hydrogen) atoms. The average Bonchev–Trinajstić information content (AvgIpc) is 2.31. The second kappa shape index (κ2) is 6.26. The van der Waals surface area contributed by atoms with Crippen molar-refractivity contribution in [1.29, 1.82) is 0 Å². The monoisotopic (exact) mass is 292 g/mol. The summed E-state index contributed by atoms with van der Waals surface area (Å²) in [5, 5.41) is 0.443. The molecule has 0 amide bonds. The van der Waals surface area contributed by atoms with Crippen LogP contribution in [0.25, 0.3) is 0 Å². The standard InChI is InChI=1S/C11H17ClN2O3S/c1-14(18(15,16)7-3-6-17-2)11-8-9(12)4-5-10(11)13/h4-5,8H,3,6-7,13H2,1-2H3. The summed E-state index contributed by atoms with van der Waals surface area (Å²) in [7, 11) is -0.415. The van der Waals surface area contributed by atoms with Gasteiger partial charge < -0.3 is 10.5 Å². The first-order chi connectivity index (χ1) is 8.38. The summed E-state index contributed by atoms with van der Waals surface area (Å²) in [5.74, 6) is 0.00327. The molecule has 1 aromatic carbocycles. The molecule has 0 saturated heterocycles. The Kier molecular flexibility index (Phi) is 5.25. The normalized spacial score (nSPS) is 11.5. The number of ether oxygens (including phenoxy) is 1. The van der Waals surface area contributed by atoms with E-state index in [9.17, 15) is 8.42 Å². The van der Waals surface area contributed by atoms with Crippen molar-refractivity contribution in [3.05, 3.63) is 23.2 Å². The van der Waals surface area contributed by atoms with Crippen molar-refractivity contribution in [2.24, 2.45) is 0 Å². The van der Waals surface area contributed by atoms with Crippen LogP contribution in [0.3, 0.4) is 0 Å². The van der Waals surface area contributed by atoms with Crippen LogP contribution in [0.2, 0.25) is 5.02 Å². The highest BCUT2D eigenvalue weighted by molar-refractivity contribution is 7.92. The Bertz CT molecular complexity index is 505. The van der Waals surface area contributed by atoms with Gasteiger partial charge in [0.05, 0.1) is 17.1 Å². The molecule has 102 valence electrons. The predicted molar refractivity (Wildman–Crippen MR) is 74.5 cm³/mol. The highest BCUT2D eigenvalue weighted by Crippen LogP contribution is 2.28. The van der Waals surface area contributed by atoms with Crippen molar-refractivity contribution in [3.63, 3.8) is 0 Å². The lowest BCUT2D eigenvalue weighted by atomic mass is 10.3. The molecule has 0 bridgehead atoms. The van der Waals surface area contributed by atoms with Crippen molar-refractivity contribution in [2.75, 3.05) is 36.6 Å². The molecule has 0 aliphatic heterocycles. The van der Waals surface area contributed by atoms with Crippen molar-refractivity contribution in [2.45, 2.75) is 6.42 Å². The van der Waals surface area contributed by atoms with Gasteiger partial charge in [-0.2, -0.15) is 0 Å². The van der Waals surface area contributed by atoms with Crippen LogP contribution >= 0.6 is 11.6 Å². The Morgan fingerprint density at radius 1 is 1.44 bits per heavy atom. The molecular formula is C11H17ClN2O3S. The molecule has 7 heteroatoms. The fourth-order valence-corrected chi connectivity index (χ4v) is 2.84. The number of anilines is 2. The van der Waals surface area contributed by atoms with Crippen molar-refractivity contribution in [1.82, 2.24) is 0 Å². The van der Waals surface area contributed by atoms with E-state index in [4.69, 9.17) is 22.1 Å². The van der Waals surface area contributed by atoms with Crippen LogP contribution in [0, 0.1) is 0 Å². The number of nitrogens with two attached hydrogens (primary N) is 1. The first kappa shape index (κ1) is 15.1. The van der Waals surface area contributed by atoms with Gasteiger partial charge in [-0.3, -0.25) is 4.31 Å². The fraction of sp³-hybridized carbons (Fsp3) is 0.455. The third-order valence-electron chi connectivity index (χ3n) is 2.50. The molecule has 2 N–H and O–H groups in total. The number of hydrogen-bond donors (Lipinski definition) is 1. The number of halogens is 1. The molecular weight excluding hydrogens is 276 g/mol. The molecule has 0 radical (unpaired) electrons. The molecule has 1 rings (SSSR count). The van der Waals surface area contributed by atoms with E-state index in [1.807, 2.05) is 0 Å². The van der Waals surface area contributed by atoms with Crippen molar-refractivity contribution >= 4 is 33.0 Å². The van der Waals surface area contributed by atoms with Crippen LogP contribution in [0.5, 0.6) is 0 Å². The summed E-state index contributed by atoms with van der Waals surface area (Å²) in [6.45, 7) is 0.401. The van der Waals surface area contributed by atoms with Gasteiger partial charge in [0.1, 0.15) is 0 Å². The molecule has 0 spiro atoms. The number of hydrogen-bond acceptors (Lipinski definition) is 4. The minimum Gasteiger partial charge on any atom is -0.397 e. The zero-order valence-electron chi connectivity index (χ0n) is 10.4. The van der Waals surface area contributed by atoms with E-state index >= 15 is 0 Å². The number of sulfonamides is 1. The Balaban J connectivity index is 2.91. The van der Waals surface area contributed by atoms with Gasteiger partial charge in [-0.25, -0.2) is 8.42 Å². The molecule has 0 aliphatic rings. The summed E-state index contributed by atoms with van der Waals surface area (Å²) in [6, 6.07) is 4.73. The van der Waals surface area contributed by atoms with Gasteiger partial charge in [-0.15, -0.1) is 0 Å². The highest BCUT2D eigenvalue weighted by atomic mass is 35.5. The number of nitrogen functional groups attached to an aromatic ring is 1. The van der Waals surface area contributed by atoms with Crippen LogP contribution < -0.4 is 10.0 Å². The summed E-state index contributed by atoms with van der Waals surface area (Å²) >= 11 is 5.84. The number of nitrogens with zero attached hydrogens (tertiary/aromatic N) is 1. The van der Waals surface area contributed by atoms with Crippen molar-refractivity contribution < 1.29 is 13.2 Å². The molecule has 5 nitrogen and oxygen atoms in total. The van der Waals surface area contributed by atoms with Crippen LogP contribution in [0.15, 0.2) is 18.2 Å². The van der Waals surface area contributed by atoms with E-state index in [-0.39, 0.29) is 5.75 Å². The van der Waals surface area contributed by atoms with Gasteiger partial charge in [0.25, 0.3) is 0 Å². The lowest BCUT2D eigenvalue weighted by Gasteiger charge is -2.21. The molecule has 0 saturated carbocycles. The Hall–Kier alpha value is -0.980. The summed E-state index contributed by atoms with van der Waals surface area (Å²) < 4.78 is 30.1. The molecule has 0 aromatic heterocycles. The molecule has 0 atom stereocenters. The van der Waals surface area contributed by atoms with Gasteiger partial charge in [0.15, 0.2) is 0 Å². The maximum absolute atomic E-state index is 12.0. The van der Waals surface area contributed by atoms with E-state index in [0.29, 0.717) is 29.4 Å². The number of rotatable bonds is 6. The molecule has 0 aliphatic carbocycles. The fourth-order valence-electron chi connectivity index (χ4n) is 1.46. The van der Waals surface area contributed by atoms with Crippen LogP contribution in [-0.4, -0.2) is 34.9 Å². The molecule has 0 fully saturated rings. The van der Waals surface area contributed by atoms with Crippen LogP contribution in [-0.2, 0) is 14.8 Å². The minimum atomic E-state index is -3.41. The smallest absolute Gasteiger partial charge is 0.235 e. The summed E-state index contributed by atoms with van der Waals surface area (Å²) in [4.78, 5) is 0. The molecule has 0 heterocycles. The van der Waals surface area contributed by atoms with Gasteiger partial charge >= 0.3 is 0 Å². The number of methoxy groups -OCH3 is 1. The van der Waals surface area contributed by atoms with E-state index in [1.165, 1.54) is 20.2 Å². The third-order valence-corrected chi connectivity index (χ3v) is 4.57. The third kappa shape index (κ3) is 3.76. The molecule has 1 aromatic rings. The maximum atomic E-state index is 12.0. The lowest BCUT2D eigenvalue weighted by molar-refractivity contribution is 0.199. The summed E-state index contributed by atoms with van der Waals surface area (Å²) in [6.07, 6.45) is 0.434. The Morgan fingerprint density at radius 3 is 2.72 bits per heavy atom. The van der Waals surface area contributed by atoms with Crippen LogP contribution in [0.1, 0.15) is 6.42 Å². The summed E-state index contributed by atoms with van der Waals surface area (Å²) in [5.41, 5.74) is 6.51. The SMILES string of the molecule is COCCCS(=O)(=O)N(C)c1cc(Cl)ccc1N. The lowest BCUT2D eigenvalue weighted by Crippen LogP contribution is -2.30. The van der Waals surface area contributed by atoms with Gasteiger partial charge in [-0.05, 0) is 24.6 Å². The Morgan fingerprint density at radius 2 is 2.11 bits per heavy atom. The predicted octanol–water partition coefficient (Wildman–Crippen LogP) is 1.72. The molecule has 0 unspecified atom stereocenters. The first-order valence-corrected chi connectivity index (χ1v) is 7.38. The van der Waals surface area contributed by atoms with E-state index in [0.717, 1.165) is 4.31 Å². The van der Waals surface area contributed by atoms with Crippen LogP contribution in [0.4, 0.5) is 11.4 Å². The van der Waals surface area contributed by atoms with E-state index in [2.05, 4.69) is 0 Å². The first-order valence-electron chi connectivity index (χ1n) is 5.39. The largest absolute Gasteiger partial charge is 0.397 e. The van der Waals surface area contributed by atoms with Gasteiger partial charge in [0, 0.05) is 25.8 Å². The quantitative estimate of drug-likeness (QED) is 0.640. The zero-order valence-corrected chi connectivity index (χ0v) is 12.0. The van der Waals surface area contributed by atoms with Crippen molar-refractivity contribution in [3.8, 4) is 0 Å². The van der Waals surface area contributed by atoms with E-state index < -0.39 is 10.0 Å². The second-order valence-electron chi connectivity index (χ2n) is 3.83. The van der Waals surface area contributed by atoms with E-state index in [1.54, 1.807) is 12.1 Å². The average molecular weight is 293 g/mol. The minimum absolute atomic E-state index is 0.00327. The highest BCUT2D eigenvalue weighted by Gasteiger charge is 2.20. The Labute approximate surface area is 113 Å². The second-order valence-corrected chi connectivity index (χ2v) is 6.39. The topological polar surface area (TPSA) is 72.6 Å². The zero-order chi connectivity index (χ0) is 13.8.